The van der Waals surface area contributed by atoms with Crippen molar-refractivity contribution in [3.63, 3.8) is 0 Å². The maximum atomic E-state index is 8.56. The Bertz CT molecular complexity index is 441. The highest BCUT2D eigenvalue weighted by atomic mass is 32.1. The molecule has 0 saturated carbocycles. The summed E-state index contributed by atoms with van der Waals surface area (Å²) in [6, 6.07) is 1.99. The van der Waals surface area contributed by atoms with Gasteiger partial charge < -0.3 is 5.32 Å². The van der Waals surface area contributed by atoms with E-state index in [1.54, 1.807) is 10.9 Å². The first-order chi connectivity index (χ1) is 6.88. The fraction of sp³-hybridized carbons (Fsp3) is 0.143. The van der Waals surface area contributed by atoms with Gasteiger partial charge >= 0.3 is 0 Å². The summed E-state index contributed by atoms with van der Waals surface area (Å²) in [5.41, 5.74) is 2.12. The van der Waals surface area contributed by atoms with Gasteiger partial charge in [-0.15, -0.1) is 21.5 Å². The Morgan fingerprint density at radius 2 is 2.43 bits per heavy atom. The number of hydrogen-bond donors (Lipinski definition) is 1. The first kappa shape index (κ1) is 9.05. The van der Waals surface area contributed by atoms with E-state index in [-0.39, 0.29) is 0 Å². The van der Waals surface area contributed by atoms with Crippen LogP contribution in [-0.4, -0.2) is 15.2 Å². The molecule has 5 nitrogen and oxygen atoms in total. The van der Waals surface area contributed by atoms with Crippen LogP contribution in [0, 0.1) is 11.3 Å². The van der Waals surface area contributed by atoms with Crippen molar-refractivity contribution in [3.8, 4) is 6.07 Å². The van der Waals surface area contributed by atoms with Crippen LogP contribution in [0.5, 0.6) is 0 Å². The molecule has 0 bridgehead atoms. The number of nitrogens with one attached hydrogen (secondary N) is 1. The second kappa shape index (κ2) is 4.13. The quantitative estimate of drug-likeness (QED) is 0.853. The van der Waals surface area contributed by atoms with E-state index in [2.05, 4.69) is 20.5 Å². The van der Waals surface area contributed by atoms with Gasteiger partial charge in [-0.05, 0) is 0 Å². The average Bonchev–Trinajstić information content (AvgIpc) is 2.86. The van der Waals surface area contributed by atoms with Crippen LogP contribution >= 0.6 is 22.7 Å². The molecule has 0 saturated heterocycles. The Labute approximate surface area is 88.1 Å². The minimum absolute atomic E-state index is 0.462. The van der Waals surface area contributed by atoms with E-state index in [1.807, 2.05) is 6.07 Å². The number of rotatable bonds is 3. The molecule has 0 atom stereocenters. The van der Waals surface area contributed by atoms with Gasteiger partial charge in [-0.2, -0.15) is 5.26 Å². The third kappa shape index (κ3) is 2.04. The van der Waals surface area contributed by atoms with Gasteiger partial charge in [-0.1, -0.05) is 11.3 Å². The smallest absolute Gasteiger partial charge is 0.205 e. The molecule has 1 N–H and O–H groups in total. The van der Waals surface area contributed by atoms with Gasteiger partial charge in [-0.25, -0.2) is 4.98 Å². The molecular weight excluding hydrogens is 218 g/mol. The van der Waals surface area contributed by atoms with E-state index in [0.29, 0.717) is 12.2 Å². The van der Waals surface area contributed by atoms with Crippen molar-refractivity contribution in [3.05, 3.63) is 21.6 Å². The van der Waals surface area contributed by atoms with Crippen molar-refractivity contribution < 1.29 is 0 Å². The van der Waals surface area contributed by atoms with E-state index >= 15 is 0 Å². The number of thiazole rings is 1. The van der Waals surface area contributed by atoms with Crippen LogP contribution in [-0.2, 0) is 6.54 Å². The van der Waals surface area contributed by atoms with E-state index < -0.39 is 0 Å². The monoisotopic (exact) mass is 223 g/mol. The lowest BCUT2D eigenvalue weighted by atomic mass is 10.5. The number of nitrogens with zero attached hydrogens (tertiary/aromatic N) is 4. The van der Waals surface area contributed by atoms with Crippen LogP contribution in [0.15, 0.2) is 10.9 Å². The van der Waals surface area contributed by atoms with Crippen molar-refractivity contribution in [2.45, 2.75) is 6.54 Å². The van der Waals surface area contributed by atoms with Gasteiger partial charge in [-0.3, -0.25) is 0 Å². The van der Waals surface area contributed by atoms with Crippen molar-refractivity contribution in [2.75, 3.05) is 5.32 Å². The molecule has 2 rings (SSSR count). The van der Waals surface area contributed by atoms with E-state index in [9.17, 15) is 0 Å². The van der Waals surface area contributed by atoms with E-state index in [1.165, 1.54) is 22.7 Å². The zero-order valence-electron chi connectivity index (χ0n) is 6.97. The summed E-state index contributed by atoms with van der Waals surface area (Å²) in [7, 11) is 0. The summed E-state index contributed by atoms with van der Waals surface area (Å²) in [6.45, 7) is 0.585. The molecule has 14 heavy (non-hydrogen) atoms. The number of hydrogen-bond acceptors (Lipinski definition) is 7. The Hall–Kier alpha value is -1.52. The molecule has 0 amide bonds. The Kier molecular flexibility index (Phi) is 2.67. The largest absolute Gasteiger partial charge is 0.354 e. The first-order valence-electron chi connectivity index (χ1n) is 3.73. The zero-order valence-corrected chi connectivity index (χ0v) is 8.60. The summed E-state index contributed by atoms with van der Waals surface area (Å²) in [5.74, 6) is 0. The summed E-state index contributed by atoms with van der Waals surface area (Å²) in [5, 5.41) is 22.5. The van der Waals surface area contributed by atoms with Crippen LogP contribution in [0.1, 0.15) is 10.7 Å². The highest BCUT2D eigenvalue weighted by molar-refractivity contribution is 7.13. The first-order valence-corrected chi connectivity index (χ1v) is 5.49. The Morgan fingerprint density at radius 3 is 3.07 bits per heavy atom. The van der Waals surface area contributed by atoms with Crippen LogP contribution in [0.3, 0.4) is 0 Å². The highest BCUT2D eigenvalue weighted by Gasteiger charge is 2.01. The Morgan fingerprint density at radius 1 is 1.50 bits per heavy atom. The summed E-state index contributed by atoms with van der Waals surface area (Å²) < 4.78 is 0. The number of aromatic nitrogens is 3. The number of anilines is 1. The SMILES string of the molecule is N#Cc1csc(CNc2nncs2)n1. The molecule has 0 radical (unpaired) electrons. The highest BCUT2D eigenvalue weighted by Crippen LogP contribution is 2.13. The number of nitriles is 1. The minimum atomic E-state index is 0.462. The van der Waals surface area contributed by atoms with Gasteiger partial charge in [0.15, 0.2) is 5.69 Å². The Balaban J connectivity index is 1.96. The summed E-state index contributed by atoms with van der Waals surface area (Å²) in [6.07, 6.45) is 0. The predicted octanol–water partition coefficient (Wildman–Crippen LogP) is 1.48. The molecule has 0 unspecified atom stereocenters. The lowest BCUT2D eigenvalue weighted by molar-refractivity contribution is 1.04. The van der Waals surface area contributed by atoms with E-state index in [0.717, 1.165) is 10.1 Å². The summed E-state index contributed by atoms with van der Waals surface area (Å²) >= 11 is 2.89. The van der Waals surface area contributed by atoms with Gasteiger partial charge in [0.05, 0.1) is 6.54 Å². The summed E-state index contributed by atoms with van der Waals surface area (Å²) in [4.78, 5) is 4.08. The van der Waals surface area contributed by atoms with Crippen molar-refractivity contribution >= 4 is 27.8 Å². The molecule has 0 aliphatic heterocycles. The molecule has 2 heterocycles. The second-order valence-corrected chi connectivity index (χ2v) is 4.11. The predicted molar refractivity (Wildman–Crippen MR) is 54.1 cm³/mol. The molecule has 0 spiro atoms. The van der Waals surface area contributed by atoms with Gasteiger partial charge in [0.2, 0.25) is 5.13 Å². The van der Waals surface area contributed by atoms with Crippen LogP contribution in [0.2, 0.25) is 0 Å². The molecule has 0 fully saturated rings. The molecule has 0 aliphatic rings. The average molecular weight is 223 g/mol. The van der Waals surface area contributed by atoms with Gasteiger partial charge in [0.25, 0.3) is 0 Å². The molecule has 0 aromatic carbocycles. The topological polar surface area (TPSA) is 74.5 Å². The molecule has 70 valence electrons. The van der Waals surface area contributed by atoms with Crippen molar-refractivity contribution in [1.82, 2.24) is 15.2 Å². The second-order valence-electron chi connectivity index (χ2n) is 2.34. The molecule has 2 aromatic rings. The molecular formula is C7H5N5S2. The third-order valence-electron chi connectivity index (χ3n) is 1.42. The zero-order chi connectivity index (χ0) is 9.80. The van der Waals surface area contributed by atoms with Crippen molar-refractivity contribution in [2.24, 2.45) is 0 Å². The minimum Gasteiger partial charge on any atom is -0.354 e. The fourth-order valence-corrected chi connectivity index (χ4v) is 1.95. The van der Waals surface area contributed by atoms with Crippen LogP contribution in [0.4, 0.5) is 5.13 Å². The van der Waals surface area contributed by atoms with Gasteiger partial charge in [0.1, 0.15) is 16.6 Å². The fourth-order valence-electron chi connectivity index (χ4n) is 0.845. The standard InChI is InChI=1S/C7H5N5S2/c8-1-5-3-13-6(11-5)2-9-7-12-10-4-14-7/h3-4H,2H2,(H,9,12). The lowest BCUT2D eigenvalue weighted by Crippen LogP contribution is -1.98. The van der Waals surface area contributed by atoms with Gasteiger partial charge in [0, 0.05) is 5.38 Å². The third-order valence-corrected chi connectivity index (χ3v) is 2.91. The van der Waals surface area contributed by atoms with Crippen LogP contribution < -0.4 is 5.32 Å². The van der Waals surface area contributed by atoms with Crippen molar-refractivity contribution in [1.29, 1.82) is 5.26 Å². The molecule has 2 aromatic heterocycles. The maximum Gasteiger partial charge on any atom is 0.205 e. The molecule has 7 heteroatoms. The molecule has 0 aliphatic carbocycles. The lowest BCUT2D eigenvalue weighted by Gasteiger charge is -1.95. The van der Waals surface area contributed by atoms with Crippen LogP contribution in [0.25, 0.3) is 0 Å². The van der Waals surface area contributed by atoms with E-state index in [4.69, 9.17) is 5.26 Å². The maximum absolute atomic E-state index is 8.56. The normalized spacial score (nSPS) is 9.64.